The second kappa shape index (κ2) is 5.70. The number of rotatable bonds is 4. The molecule has 2 N–H and O–H groups in total. The van der Waals surface area contributed by atoms with E-state index in [0.29, 0.717) is 11.8 Å². The average molecular weight is 334 g/mol. The molecule has 2 aliphatic heterocycles. The molecule has 0 saturated heterocycles. The number of aromatic nitrogens is 4. The molecule has 2 unspecified atom stereocenters. The van der Waals surface area contributed by atoms with Crippen molar-refractivity contribution in [3.05, 3.63) is 73.0 Å². The molecule has 3 aromatic heterocycles. The van der Waals surface area contributed by atoms with Gasteiger partial charge in [-0.3, -0.25) is 0 Å². The summed E-state index contributed by atoms with van der Waals surface area (Å²) in [6, 6.07) is 8.07. The highest BCUT2D eigenvalue weighted by molar-refractivity contribution is 5.62. The Morgan fingerprint density at radius 1 is 0.760 bits per heavy atom. The van der Waals surface area contributed by atoms with Crippen molar-refractivity contribution in [2.24, 2.45) is 0 Å². The van der Waals surface area contributed by atoms with Gasteiger partial charge in [-0.05, 0) is 24.3 Å². The molecule has 0 bridgehead atoms. The van der Waals surface area contributed by atoms with Crippen LogP contribution in [0.4, 0.5) is 0 Å². The Labute approximate surface area is 144 Å². The first-order valence-electron chi connectivity index (χ1n) is 8.39. The van der Waals surface area contributed by atoms with Crippen molar-refractivity contribution in [3.8, 4) is 0 Å². The first-order chi connectivity index (χ1) is 12.4. The Balaban J connectivity index is 1.28. The summed E-state index contributed by atoms with van der Waals surface area (Å²) in [6.07, 6.45) is 14.5. The Morgan fingerprint density at radius 3 is 1.64 bits per heavy atom. The minimum absolute atomic E-state index is 0.197. The fourth-order valence-corrected chi connectivity index (χ4v) is 3.30. The molecule has 0 saturated carbocycles. The standard InChI is InChI=1S/C18H18N6O/c1-2-10-23(9-1)15-7-5-13(19-15)17-21-22-18(25-17)14-6-8-16(20-14)24-11-3-4-12-24/h1-6,9-12,15-16,19-20H,7-8H2. The van der Waals surface area contributed by atoms with Crippen LogP contribution in [0.5, 0.6) is 0 Å². The van der Waals surface area contributed by atoms with Gasteiger partial charge < -0.3 is 24.2 Å². The fraction of sp³-hybridized carbons (Fsp3) is 0.222. The second-order valence-corrected chi connectivity index (χ2v) is 6.20. The fourth-order valence-electron chi connectivity index (χ4n) is 3.30. The van der Waals surface area contributed by atoms with E-state index in [1.807, 2.05) is 49.1 Å². The lowest BCUT2D eigenvalue weighted by atomic mass is 10.3. The molecule has 7 nitrogen and oxygen atoms in total. The highest BCUT2D eigenvalue weighted by Gasteiger charge is 2.25. The Morgan fingerprint density at radius 2 is 1.20 bits per heavy atom. The predicted molar refractivity (Wildman–Crippen MR) is 92.7 cm³/mol. The third-order valence-corrected chi connectivity index (χ3v) is 4.60. The average Bonchev–Trinajstić information content (AvgIpc) is 3.48. The summed E-state index contributed by atoms with van der Waals surface area (Å²) in [4.78, 5) is 0. The molecule has 0 aliphatic carbocycles. The lowest BCUT2D eigenvalue weighted by Gasteiger charge is -2.14. The van der Waals surface area contributed by atoms with Crippen molar-refractivity contribution < 1.29 is 4.42 Å². The molecule has 2 atom stereocenters. The van der Waals surface area contributed by atoms with Crippen LogP contribution in [0.15, 0.2) is 65.6 Å². The van der Waals surface area contributed by atoms with E-state index >= 15 is 0 Å². The number of hydrogen-bond donors (Lipinski definition) is 2. The van der Waals surface area contributed by atoms with Crippen LogP contribution in [-0.2, 0) is 0 Å². The van der Waals surface area contributed by atoms with Gasteiger partial charge in [-0.2, -0.15) is 0 Å². The van der Waals surface area contributed by atoms with Gasteiger partial charge in [-0.25, -0.2) is 0 Å². The molecule has 0 amide bonds. The van der Waals surface area contributed by atoms with Crippen LogP contribution < -0.4 is 10.6 Å². The monoisotopic (exact) mass is 334 g/mol. The molecule has 5 rings (SSSR count). The van der Waals surface area contributed by atoms with Gasteiger partial charge in [0.25, 0.3) is 11.8 Å². The summed E-state index contributed by atoms with van der Waals surface area (Å²) in [7, 11) is 0. The Kier molecular flexibility index (Phi) is 3.22. The molecule has 0 aromatic carbocycles. The normalized spacial score (nSPS) is 22.4. The third kappa shape index (κ3) is 2.53. The van der Waals surface area contributed by atoms with Crippen molar-refractivity contribution in [2.75, 3.05) is 0 Å². The van der Waals surface area contributed by atoms with Crippen LogP contribution in [0.1, 0.15) is 37.0 Å². The van der Waals surface area contributed by atoms with Gasteiger partial charge >= 0.3 is 0 Å². The minimum Gasteiger partial charge on any atom is -0.413 e. The van der Waals surface area contributed by atoms with Crippen LogP contribution >= 0.6 is 0 Å². The number of nitrogens with zero attached hydrogens (tertiary/aromatic N) is 4. The van der Waals surface area contributed by atoms with E-state index < -0.39 is 0 Å². The second-order valence-electron chi connectivity index (χ2n) is 6.20. The molecule has 3 aromatic rings. The maximum Gasteiger partial charge on any atom is 0.263 e. The Bertz CT molecular complexity index is 844. The van der Waals surface area contributed by atoms with Crippen LogP contribution in [-0.4, -0.2) is 19.3 Å². The van der Waals surface area contributed by atoms with E-state index in [1.54, 1.807) is 0 Å². The van der Waals surface area contributed by atoms with Gasteiger partial charge in [-0.15, -0.1) is 10.2 Å². The molecule has 0 fully saturated rings. The van der Waals surface area contributed by atoms with E-state index in [2.05, 4.69) is 42.1 Å². The summed E-state index contributed by atoms with van der Waals surface area (Å²) >= 11 is 0. The van der Waals surface area contributed by atoms with Crippen molar-refractivity contribution in [1.29, 1.82) is 0 Å². The highest BCUT2D eigenvalue weighted by atomic mass is 16.4. The van der Waals surface area contributed by atoms with Crippen molar-refractivity contribution in [3.63, 3.8) is 0 Å². The van der Waals surface area contributed by atoms with Crippen molar-refractivity contribution >= 4 is 11.4 Å². The van der Waals surface area contributed by atoms with Gasteiger partial charge in [0, 0.05) is 37.6 Å². The topological polar surface area (TPSA) is 72.8 Å². The largest absolute Gasteiger partial charge is 0.413 e. The molecule has 2 aliphatic rings. The van der Waals surface area contributed by atoms with Crippen LogP contribution in [0.25, 0.3) is 11.4 Å². The third-order valence-electron chi connectivity index (χ3n) is 4.60. The Hall–Kier alpha value is -3.22. The summed E-state index contributed by atoms with van der Waals surface area (Å²) < 4.78 is 10.1. The maximum absolute atomic E-state index is 5.88. The number of hydrogen-bond acceptors (Lipinski definition) is 5. The van der Waals surface area contributed by atoms with E-state index in [-0.39, 0.29) is 12.3 Å². The van der Waals surface area contributed by atoms with Gasteiger partial charge in [0.05, 0.1) is 11.4 Å². The quantitative estimate of drug-likeness (QED) is 0.767. The molecule has 0 spiro atoms. The van der Waals surface area contributed by atoms with E-state index in [4.69, 9.17) is 4.42 Å². The van der Waals surface area contributed by atoms with E-state index in [9.17, 15) is 0 Å². The summed E-state index contributed by atoms with van der Waals surface area (Å²) in [5.74, 6) is 1.05. The van der Waals surface area contributed by atoms with E-state index in [1.165, 1.54) is 0 Å². The summed E-state index contributed by atoms with van der Waals surface area (Å²) in [5.41, 5.74) is 1.77. The lowest BCUT2D eigenvalue weighted by Crippen LogP contribution is -2.19. The summed E-state index contributed by atoms with van der Waals surface area (Å²) in [5, 5.41) is 15.3. The molecule has 0 radical (unpaired) electrons. The molecular formula is C18H18N6O. The van der Waals surface area contributed by atoms with E-state index in [0.717, 1.165) is 24.2 Å². The van der Waals surface area contributed by atoms with Crippen molar-refractivity contribution in [1.82, 2.24) is 30.0 Å². The van der Waals surface area contributed by atoms with Crippen LogP contribution in [0, 0.1) is 0 Å². The summed E-state index contributed by atoms with van der Waals surface area (Å²) in [6.45, 7) is 0. The zero-order chi connectivity index (χ0) is 16.6. The first-order valence-corrected chi connectivity index (χ1v) is 8.39. The zero-order valence-corrected chi connectivity index (χ0v) is 13.5. The SMILES string of the molecule is C1=C(c2nnc(C3=CCC(n4cccc4)N3)o2)NC(n2cccc2)C1. The molecule has 7 heteroatoms. The number of nitrogens with one attached hydrogen (secondary N) is 2. The molecular weight excluding hydrogens is 316 g/mol. The highest BCUT2D eigenvalue weighted by Crippen LogP contribution is 2.28. The molecule has 126 valence electrons. The van der Waals surface area contributed by atoms with Crippen LogP contribution in [0.2, 0.25) is 0 Å². The van der Waals surface area contributed by atoms with Gasteiger partial charge in [-0.1, -0.05) is 12.2 Å². The van der Waals surface area contributed by atoms with Crippen LogP contribution in [0.3, 0.4) is 0 Å². The van der Waals surface area contributed by atoms with Crippen molar-refractivity contribution in [2.45, 2.75) is 25.2 Å². The van der Waals surface area contributed by atoms with Gasteiger partial charge in [0.15, 0.2) is 0 Å². The lowest BCUT2D eigenvalue weighted by molar-refractivity contribution is 0.466. The van der Waals surface area contributed by atoms with Gasteiger partial charge in [0.2, 0.25) is 0 Å². The van der Waals surface area contributed by atoms with Gasteiger partial charge in [0.1, 0.15) is 12.3 Å². The molecule has 5 heterocycles. The first kappa shape index (κ1) is 14.2. The smallest absolute Gasteiger partial charge is 0.263 e. The molecule has 25 heavy (non-hydrogen) atoms. The predicted octanol–water partition coefficient (Wildman–Crippen LogP) is 2.74. The maximum atomic E-state index is 5.88. The zero-order valence-electron chi connectivity index (χ0n) is 13.5. The minimum atomic E-state index is 0.197.